The van der Waals surface area contributed by atoms with Gasteiger partial charge in [-0.15, -0.1) is 0 Å². The third-order valence-electron chi connectivity index (χ3n) is 14.8. The van der Waals surface area contributed by atoms with E-state index in [4.69, 9.17) is 28.3 Å². The minimum atomic E-state index is -0.380. The van der Waals surface area contributed by atoms with Crippen LogP contribution in [0.4, 0.5) is 9.59 Å². The molecule has 462 valence electrons. The molecule has 0 aliphatic carbocycles. The Balaban J connectivity index is 0.000000246. The van der Waals surface area contributed by atoms with Gasteiger partial charge in [0.05, 0.1) is 26.8 Å². The predicted octanol–water partition coefficient (Wildman–Crippen LogP) is 11.2. The van der Waals surface area contributed by atoms with Gasteiger partial charge in [0.25, 0.3) is 11.8 Å². The lowest BCUT2D eigenvalue weighted by Crippen LogP contribution is -2.41. The molecule has 7 rings (SSSR count). The number of benzene rings is 4. The summed E-state index contributed by atoms with van der Waals surface area (Å²) in [6, 6.07) is 35.0. The standard InChI is InChI=1S/C30H38N4O4.C20H25BrN2O3.C16H25BN2O3/c1-5-32-29(36)34-19-22-9-6-10-23(17-22)26-13-12-25(18-27(26)38-21-37-4)30(2,3)14-8-16-33-28(35)24-11-7-15-31-20-24;1-20(2,16-7-8-17(21)18(12-16)26-14-25-3)9-5-11-23-19(24)15-6-4-10-22-13-15;1-6-18-14(20)19-11-12-8-7-9-13(10-12)17-21-15(2,3)16(4,5)22-17/h6-7,9-13,15,17-18,20H,5,8,14,16,19,21H2,1-4H3,(H,33,35)(H2,32,34,36);4,6-8,10,12-13H,5,9,11,14H2,1-3H3,(H,23,24);7-10H,6,11H2,1-5H3,(H2,18,19,20). The van der Waals surface area contributed by atoms with Crippen LogP contribution in [0.2, 0.25) is 0 Å². The van der Waals surface area contributed by atoms with Crippen LogP contribution in [0.1, 0.15) is 138 Å². The monoisotopic (exact) mass is 1240 g/mol. The molecule has 0 spiro atoms. The second kappa shape index (κ2) is 34.1. The Morgan fingerprint density at radius 2 is 1.05 bits per heavy atom. The summed E-state index contributed by atoms with van der Waals surface area (Å²) in [5.41, 5.74) is 7.50. The highest BCUT2D eigenvalue weighted by Gasteiger charge is 2.51. The van der Waals surface area contributed by atoms with Gasteiger partial charge in [0.2, 0.25) is 0 Å². The van der Waals surface area contributed by atoms with E-state index in [1.807, 2.05) is 96.1 Å². The van der Waals surface area contributed by atoms with E-state index in [1.165, 1.54) is 5.56 Å². The van der Waals surface area contributed by atoms with Gasteiger partial charge in [0.1, 0.15) is 11.5 Å². The number of hydrogen-bond acceptors (Lipinski definition) is 12. The molecule has 18 nitrogen and oxygen atoms in total. The van der Waals surface area contributed by atoms with Crippen LogP contribution < -0.4 is 46.8 Å². The number of carbonyl (C=O) groups is 4. The number of amides is 6. The molecule has 3 heterocycles. The maximum atomic E-state index is 12.3. The fourth-order valence-corrected chi connectivity index (χ4v) is 9.38. The molecule has 6 N–H and O–H groups in total. The number of nitrogens with one attached hydrogen (secondary N) is 6. The summed E-state index contributed by atoms with van der Waals surface area (Å²) in [4.78, 5) is 55.5. The summed E-state index contributed by atoms with van der Waals surface area (Å²) in [5, 5.41) is 17.0. The van der Waals surface area contributed by atoms with Gasteiger partial charge in [-0.2, -0.15) is 0 Å². The van der Waals surface area contributed by atoms with Crippen molar-refractivity contribution >= 4 is 52.4 Å². The molecule has 1 fully saturated rings. The first kappa shape index (κ1) is 69.4. The molecule has 0 saturated carbocycles. The van der Waals surface area contributed by atoms with Crippen LogP contribution in [0.25, 0.3) is 11.1 Å². The van der Waals surface area contributed by atoms with E-state index >= 15 is 0 Å². The predicted molar refractivity (Wildman–Crippen MR) is 343 cm³/mol. The van der Waals surface area contributed by atoms with E-state index in [0.717, 1.165) is 74.9 Å². The number of nitrogens with zero attached hydrogens (tertiary/aromatic N) is 2. The molecule has 20 heteroatoms. The zero-order chi connectivity index (χ0) is 62.8. The second-order valence-corrected chi connectivity index (χ2v) is 23.7. The van der Waals surface area contributed by atoms with E-state index < -0.39 is 0 Å². The summed E-state index contributed by atoms with van der Waals surface area (Å²) in [7, 11) is 2.82. The maximum Gasteiger partial charge on any atom is 0.494 e. The molecule has 2 aromatic heterocycles. The highest BCUT2D eigenvalue weighted by Crippen LogP contribution is 2.39. The molecule has 6 aromatic rings. The summed E-state index contributed by atoms with van der Waals surface area (Å²) in [6.45, 7) is 24.3. The number of rotatable bonds is 26. The highest BCUT2D eigenvalue weighted by molar-refractivity contribution is 9.10. The third-order valence-corrected chi connectivity index (χ3v) is 15.5. The minimum Gasteiger partial charge on any atom is -0.467 e. The van der Waals surface area contributed by atoms with Crippen molar-refractivity contribution < 1.29 is 47.4 Å². The van der Waals surface area contributed by atoms with Crippen LogP contribution in [0.5, 0.6) is 11.5 Å². The zero-order valence-electron chi connectivity index (χ0n) is 52.1. The molecular weight excluding hydrogens is 1160 g/mol. The van der Waals surface area contributed by atoms with Crippen LogP contribution in [-0.4, -0.2) is 106 Å². The Bertz CT molecular complexity index is 3080. The van der Waals surface area contributed by atoms with Gasteiger partial charge < -0.3 is 60.2 Å². The molecule has 6 amide bonds. The molecule has 0 atom stereocenters. The van der Waals surface area contributed by atoms with Crippen molar-refractivity contribution in [3.05, 3.63) is 172 Å². The van der Waals surface area contributed by atoms with Gasteiger partial charge in [0.15, 0.2) is 13.6 Å². The Hall–Kier alpha value is -7.36. The number of methoxy groups -OCH3 is 2. The molecule has 86 heavy (non-hydrogen) atoms. The molecular formula is C66H88BBrN8O10. The quantitative estimate of drug-likeness (QED) is 0.0170. The van der Waals surface area contributed by atoms with Crippen molar-refractivity contribution in [2.45, 2.75) is 130 Å². The first-order valence-electron chi connectivity index (χ1n) is 29.1. The Labute approximate surface area is 517 Å². The van der Waals surface area contributed by atoms with E-state index in [0.29, 0.717) is 50.4 Å². The molecule has 1 saturated heterocycles. The average Bonchev–Trinajstić information content (AvgIpc) is 1.97. The van der Waals surface area contributed by atoms with Gasteiger partial charge in [-0.1, -0.05) is 88.4 Å². The van der Waals surface area contributed by atoms with Gasteiger partial charge in [-0.05, 0) is 176 Å². The van der Waals surface area contributed by atoms with E-state index in [-0.39, 0.29) is 66.6 Å². The maximum absolute atomic E-state index is 12.3. The van der Waals surface area contributed by atoms with Crippen molar-refractivity contribution in [2.75, 3.05) is 54.0 Å². The number of carbonyl (C=O) groups excluding carboxylic acids is 4. The second-order valence-electron chi connectivity index (χ2n) is 22.9. The van der Waals surface area contributed by atoms with Gasteiger partial charge in [0, 0.05) is 83.8 Å². The minimum absolute atomic E-state index is 0.0368. The number of aromatic nitrogens is 2. The topological polar surface area (TPSA) is 222 Å². The van der Waals surface area contributed by atoms with Crippen molar-refractivity contribution in [1.82, 2.24) is 41.9 Å². The number of pyridine rings is 2. The van der Waals surface area contributed by atoms with Crippen LogP contribution in [0, 0.1) is 0 Å². The zero-order valence-corrected chi connectivity index (χ0v) is 53.7. The summed E-state index contributed by atoms with van der Waals surface area (Å²) >= 11 is 3.50. The fourth-order valence-electron chi connectivity index (χ4n) is 9.02. The van der Waals surface area contributed by atoms with E-state index in [2.05, 4.69) is 116 Å². The highest BCUT2D eigenvalue weighted by atomic mass is 79.9. The fraction of sp³-hybridized carbons (Fsp3) is 0.424. The molecule has 4 aromatic carbocycles. The molecule has 1 aliphatic rings. The van der Waals surface area contributed by atoms with Gasteiger partial charge >= 0.3 is 19.2 Å². The number of hydrogen-bond donors (Lipinski definition) is 6. The Morgan fingerprint density at radius 3 is 1.53 bits per heavy atom. The number of halogens is 1. The summed E-state index contributed by atoms with van der Waals surface area (Å²) in [5.74, 6) is 1.30. The average molecular weight is 1240 g/mol. The SMILES string of the molecule is CCNC(=O)NCc1cccc(-c2ccc(C(C)(C)CCCNC(=O)c3cccnc3)cc2OCOC)c1.CCNC(=O)NCc1cccc(B2OC(C)(C)C(C)(C)O2)c1.COCOc1cc(C(C)(C)CCCNC(=O)c2cccnc2)ccc1Br. The van der Waals surface area contributed by atoms with Crippen molar-refractivity contribution in [3.63, 3.8) is 0 Å². The van der Waals surface area contributed by atoms with E-state index in [1.54, 1.807) is 63.3 Å². The first-order valence-corrected chi connectivity index (χ1v) is 29.9. The third kappa shape index (κ3) is 21.9. The normalized spacial score (nSPS) is 13.2. The van der Waals surface area contributed by atoms with E-state index in [9.17, 15) is 19.2 Å². The van der Waals surface area contributed by atoms with Crippen molar-refractivity contribution in [1.29, 1.82) is 0 Å². The van der Waals surface area contributed by atoms with Crippen LogP contribution in [0.3, 0.4) is 0 Å². The largest absolute Gasteiger partial charge is 0.494 e. The molecule has 0 radical (unpaired) electrons. The van der Waals surface area contributed by atoms with Crippen molar-refractivity contribution in [2.24, 2.45) is 0 Å². The van der Waals surface area contributed by atoms with Gasteiger partial charge in [-0.3, -0.25) is 19.6 Å². The Kier molecular flexibility index (Phi) is 27.5. The molecule has 0 bridgehead atoms. The van der Waals surface area contributed by atoms with Crippen LogP contribution >= 0.6 is 15.9 Å². The first-order chi connectivity index (χ1) is 41.0. The van der Waals surface area contributed by atoms with Crippen LogP contribution in [0.15, 0.2) is 138 Å². The van der Waals surface area contributed by atoms with Gasteiger partial charge in [-0.25, -0.2) is 9.59 Å². The smallest absolute Gasteiger partial charge is 0.467 e. The van der Waals surface area contributed by atoms with Crippen LogP contribution in [-0.2, 0) is 42.7 Å². The molecule has 1 aliphatic heterocycles. The van der Waals surface area contributed by atoms with Crippen molar-refractivity contribution in [3.8, 4) is 22.6 Å². The lowest BCUT2D eigenvalue weighted by molar-refractivity contribution is 0.00578. The summed E-state index contributed by atoms with van der Waals surface area (Å²) in [6.07, 6.45) is 9.97. The molecule has 0 unspecified atom stereocenters. The lowest BCUT2D eigenvalue weighted by atomic mass is 9.78. The Morgan fingerprint density at radius 1 is 0.570 bits per heavy atom. The lowest BCUT2D eigenvalue weighted by Gasteiger charge is -2.32. The number of urea groups is 2. The number of ether oxygens (including phenoxy) is 4. The summed E-state index contributed by atoms with van der Waals surface area (Å²) < 4.78 is 34.7.